The van der Waals surface area contributed by atoms with Gasteiger partial charge < -0.3 is 4.90 Å². The molecule has 0 amide bonds. The Kier molecular flexibility index (Phi) is 5.63. The predicted octanol–water partition coefficient (Wildman–Crippen LogP) is 0.562. The summed E-state index contributed by atoms with van der Waals surface area (Å²) >= 11 is 0. The van der Waals surface area contributed by atoms with E-state index < -0.39 is 0 Å². The number of likely N-dealkylation sites (N-methyl/N-ethyl adjacent to an activating group) is 1. The number of carbonyl (C=O) groups excluding carboxylic acids is 2. The van der Waals surface area contributed by atoms with E-state index in [1.807, 2.05) is 14.1 Å². The molecule has 0 N–H and O–H groups in total. The van der Waals surface area contributed by atoms with Crippen LogP contribution in [0.3, 0.4) is 0 Å². The van der Waals surface area contributed by atoms with Gasteiger partial charge in [-0.1, -0.05) is 0 Å². The fourth-order valence-corrected chi connectivity index (χ4v) is 1.87. The minimum absolute atomic E-state index is 0.388. The van der Waals surface area contributed by atoms with E-state index >= 15 is 0 Å². The lowest BCUT2D eigenvalue weighted by Crippen LogP contribution is -2.31. The second kappa shape index (κ2) is 6.76. The number of nitrogens with zero attached hydrogens (tertiary/aromatic N) is 2. The second-order valence-corrected chi connectivity index (χ2v) is 4.72. The van der Waals surface area contributed by atoms with Gasteiger partial charge >= 0.3 is 0 Å². The summed E-state index contributed by atoms with van der Waals surface area (Å²) in [6, 6.07) is 0. The van der Waals surface area contributed by atoms with E-state index in [0.29, 0.717) is 18.1 Å². The number of Topliss-reactive ketones (excluding diaryl/α,β-unsaturated/α-hetero) is 2. The van der Waals surface area contributed by atoms with E-state index in [1.54, 1.807) is 0 Å². The third kappa shape index (κ3) is 5.37. The fourth-order valence-electron chi connectivity index (χ4n) is 1.87. The van der Waals surface area contributed by atoms with Gasteiger partial charge in [0.2, 0.25) is 0 Å². The third-order valence-electron chi connectivity index (χ3n) is 2.99. The van der Waals surface area contributed by atoms with E-state index in [1.165, 1.54) is 0 Å². The Balaban J connectivity index is 0.000000160. The third-order valence-corrected chi connectivity index (χ3v) is 2.99. The van der Waals surface area contributed by atoms with Crippen LogP contribution in [0.2, 0.25) is 0 Å². The average molecular weight is 226 g/mol. The molecule has 0 aromatic carbocycles. The Morgan fingerprint density at radius 1 is 0.812 bits per heavy atom. The molecule has 4 nitrogen and oxygen atoms in total. The number of piperidine rings is 2. The summed E-state index contributed by atoms with van der Waals surface area (Å²) in [5.41, 5.74) is 0. The lowest BCUT2D eigenvalue weighted by molar-refractivity contribution is -0.122. The van der Waals surface area contributed by atoms with E-state index in [2.05, 4.69) is 9.80 Å². The Labute approximate surface area is 97.6 Å². The lowest BCUT2D eigenvalue weighted by atomic mass is 10.1. The first-order valence-corrected chi connectivity index (χ1v) is 5.98. The molecule has 2 saturated heterocycles. The van der Waals surface area contributed by atoms with Crippen LogP contribution in [0, 0.1) is 0 Å². The summed E-state index contributed by atoms with van der Waals surface area (Å²) in [5.74, 6) is 0.807. The van der Waals surface area contributed by atoms with Crippen LogP contribution in [0.5, 0.6) is 0 Å². The minimum atomic E-state index is 0.388. The molecule has 0 saturated carbocycles. The van der Waals surface area contributed by atoms with Crippen molar-refractivity contribution in [1.29, 1.82) is 0 Å². The van der Waals surface area contributed by atoms with Gasteiger partial charge in [0, 0.05) is 32.4 Å². The maximum Gasteiger partial charge on any atom is 0.146 e. The largest absolute Gasteiger partial charge is 0.305 e. The summed E-state index contributed by atoms with van der Waals surface area (Å²) < 4.78 is 0. The van der Waals surface area contributed by atoms with Crippen molar-refractivity contribution in [3.8, 4) is 0 Å². The average Bonchev–Trinajstić information content (AvgIpc) is 2.23. The lowest BCUT2D eigenvalue weighted by Gasteiger charge is -2.19. The van der Waals surface area contributed by atoms with Gasteiger partial charge in [0.25, 0.3) is 0 Å². The van der Waals surface area contributed by atoms with Crippen molar-refractivity contribution >= 4 is 11.6 Å². The molecule has 0 bridgehead atoms. The van der Waals surface area contributed by atoms with Crippen LogP contribution >= 0.6 is 0 Å². The highest BCUT2D eigenvalue weighted by atomic mass is 16.1. The van der Waals surface area contributed by atoms with Crippen LogP contribution in [0.4, 0.5) is 0 Å². The molecule has 0 atom stereocenters. The topological polar surface area (TPSA) is 40.6 Å². The highest BCUT2D eigenvalue weighted by Gasteiger charge is 2.11. The van der Waals surface area contributed by atoms with E-state index in [9.17, 15) is 9.59 Å². The first-order chi connectivity index (χ1) is 7.58. The van der Waals surface area contributed by atoms with Crippen LogP contribution < -0.4 is 0 Å². The van der Waals surface area contributed by atoms with Crippen LogP contribution in [-0.4, -0.2) is 61.6 Å². The molecule has 0 unspecified atom stereocenters. The predicted molar refractivity (Wildman–Crippen MR) is 63.5 cm³/mol. The zero-order valence-electron chi connectivity index (χ0n) is 10.4. The van der Waals surface area contributed by atoms with E-state index in [0.717, 1.165) is 45.3 Å². The SMILES string of the molecule is CN1CCC(=O)CC1.CN1CCCC(=O)C1. The molecular weight excluding hydrogens is 204 g/mol. The molecule has 92 valence electrons. The first kappa shape index (κ1) is 13.3. The first-order valence-electron chi connectivity index (χ1n) is 5.98. The fraction of sp³-hybridized carbons (Fsp3) is 0.833. The standard InChI is InChI=1S/2C6H11NO/c1-7-4-2-6(8)3-5-7;1-7-4-2-3-6(8)5-7/h2*2-5H2,1H3. The van der Waals surface area contributed by atoms with Crippen LogP contribution in [0.1, 0.15) is 25.7 Å². The van der Waals surface area contributed by atoms with Crippen molar-refractivity contribution in [3.05, 3.63) is 0 Å². The molecule has 2 fully saturated rings. The molecule has 0 radical (unpaired) electrons. The number of rotatable bonds is 0. The highest BCUT2D eigenvalue weighted by molar-refractivity contribution is 5.81. The number of likely N-dealkylation sites (tertiary alicyclic amines) is 2. The quantitative estimate of drug-likeness (QED) is 0.605. The highest BCUT2D eigenvalue weighted by Crippen LogP contribution is 2.02. The number of hydrogen-bond acceptors (Lipinski definition) is 4. The Morgan fingerprint density at radius 2 is 1.44 bits per heavy atom. The van der Waals surface area contributed by atoms with Crippen molar-refractivity contribution in [2.24, 2.45) is 0 Å². The van der Waals surface area contributed by atoms with Gasteiger partial charge in [-0.05, 0) is 27.1 Å². The summed E-state index contributed by atoms with van der Waals surface area (Å²) in [6.07, 6.45) is 3.37. The molecule has 16 heavy (non-hydrogen) atoms. The van der Waals surface area contributed by atoms with E-state index in [-0.39, 0.29) is 0 Å². The zero-order valence-corrected chi connectivity index (χ0v) is 10.4. The van der Waals surface area contributed by atoms with Crippen molar-refractivity contribution < 1.29 is 9.59 Å². The van der Waals surface area contributed by atoms with Gasteiger partial charge in [-0.3, -0.25) is 14.5 Å². The number of ketones is 2. The summed E-state index contributed by atoms with van der Waals surface area (Å²) in [6.45, 7) is 3.67. The summed E-state index contributed by atoms with van der Waals surface area (Å²) in [5, 5.41) is 0. The molecule has 4 heteroatoms. The van der Waals surface area contributed by atoms with Gasteiger partial charge in [0.15, 0.2) is 0 Å². The monoisotopic (exact) mass is 226 g/mol. The molecule has 0 aromatic rings. The summed E-state index contributed by atoms with van der Waals surface area (Å²) in [4.78, 5) is 25.5. The molecule has 2 aliphatic heterocycles. The van der Waals surface area contributed by atoms with E-state index in [4.69, 9.17) is 0 Å². The molecular formula is C12H22N2O2. The Bertz CT molecular complexity index is 243. The van der Waals surface area contributed by atoms with Gasteiger partial charge in [0.1, 0.15) is 11.6 Å². The maximum absolute atomic E-state index is 10.6. The van der Waals surface area contributed by atoms with Gasteiger partial charge in [-0.2, -0.15) is 0 Å². The van der Waals surface area contributed by atoms with Crippen molar-refractivity contribution in [1.82, 2.24) is 9.80 Å². The van der Waals surface area contributed by atoms with Gasteiger partial charge in [-0.25, -0.2) is 0 Å². The van der Waals surface area contributed by atoms with Crippen molar-refractivity contribution in [2.45, 2.75) is 25.7 Å². The van der Waals surface area contributed by atoms with Gasteiger partial charge in [-0.15, -0.1) is 0 Å². The molecule has 2 rings (SSSR count). The Morgan fingerprint density at radius 3 is 1.81 bits per heavy atom. The molecule has 0 aromatic heterocycles. The Hall–Kier alpha value is -0.740. The zero-order chi connectivity index (χ0) is 12.0. The van der Waals surface area contributed by atoms with Gasteiger partial charge in [0.05, 0.1) is 6.54 Å². The normalized spacial score (nSPS) is 23.9. The van der Waals surface area contributed by atoms with Crippen molar-refractivity contribution in [2.75, 3.05) is 40.3 Å². The summed E-state index contributed by atoms with van der Waals surface area (Å²) in [7, 11) is 4.03. The van der Waals surface area contributed by atoms with Crippen LogP contribution in [0.15, 0.2) is 0 Å². The number of carbonyl (C=O) groups is 2. The minimum Gasteiger partial charge on any atom is -0.305 e. The smallest absolute Gasteiger partial charge is 0.146 e. The molecule has 0 aliphatic carbocycles. The van der Waals surface area contributed by atoms with Crippen LogP contribution in [0.25, 0.3) is 0 Å². The number of hydrogen-bond donors (Lipinski definition) is 0. The van der Waals surface area contributed by atoms with Crippen LogP contribution in [-0.2, 0) is 9.59 Å². The molecule has 0 spiro atoms. The second-order valence-electron chi connectivity index (χ2n) is 4.72. The molecule has 2 heterocycles. The van der Waals surface area contributed by atoms with Crippen molar-refractivity contribution in [3.63, 3.8) is 0 Å². The maximum atomic E-state index is 10.6. The molecule has 2 aliphatic rings.